The maximum atomic E-state index is 13.7. The Balaban J connectivity index is 1.50. The Morgan fingerprint density at radius 1 is 1.13 bits per heavy atom. The van der Waals surface area contributed by atoms with Crippen LogP contribution in [0.15, 0.2) is 12.3 Å². The summed E-state index contributed by atoms with van der Waals surface area (Å²) in [6, 6.07) is 2.22. The molecule has 2 aliphatic rings. The lowest BCUT2D eigenvalue weighted by molar-refractivity contribution is 0.0327. The molecule has 3 heterocycles. The van der Waals surface area contributed by atoms with Crippen molar-refractivity contribution in [3.8, 4) is 0 Å². The van der Waals surface area contributed by atoms with Crippen molar-refractivity contribution >= 4 is 23.5 Å². The molecule has 206 valence electrons. The Bertz CT molecular complexity index is 1180. The molecule has 4 rings (SSSR count). The van der Waals surface area contributed by atoms with Gasteiger partial charge in [0.2, 0.25) is 0 Å². The molecule has 38 heavy (non-hydrogen) atoms. The first-order chi connectivity index (χ1) is 17.9. The molecule has 1 aliphatic heterocycles. The molecule has 0 unspecified atom stereocenters. The third-order valence-corrected chi connectivity index (χ3v) is 7.58. The third kappa shape index (κ3) is 5.45. The van der Waals surface area contributed by atoms with Crippen LogP contribution in [0.25, 0.3) is 0 Å². The van der Waals surface area contributed by atoms with Crippen molar-refractivity contribution in [2.24, 2.45) is 0 Å². The molecule has 1 N–H and O–H groups in total. The van der Waals surface area contributed by atoms with Crippen molar-refractivity contribution in [3.63, 3.8) is 0 Å². The van der Waals surface area contributed by atoms with Crippen LogP contribution < -0.4 is 10.2 Å². The highest BCUT2D eigenvalue weighted by atomic mass is 16.5. The van der Waals surface area contributed by atoms with Crippen molar-refractivity contribution in [2.45, 2.75) is 78.0 Å². The van der Waals surface area contributed by atoms with Crippen LogP contribution in [0.4, 0.5) is 11.6 Å². The predicted octanol–water partition coefficient (Wildman–Crippen LogP) is 3.73. The fraction of sp³-hybridized carbons (Fsp3) is 0.607. The highest BCUT2D eigenvalue weighted by molar-refractivity contribution is 5.93. The molecule has 0 spiro atoms. The van der Waals surface area contributed by atoms with E-state index in [1.54, 1.807) is 13.3 Å². The first kappa shape index (κ1) is 27.8. The van der Waals surface area contributed by atoms with Gasteiger partial charge in [0.25, 0.3) is 5.91 Å². The molecule has 10 heteroatoms. The van der Waals surface area contributed by atoms with Gasteiger partial charge in [-0.15, -0.1) is 0 Å². The number of pyridine rings is 1. The highest BCUT2D eigenvalue weighted by Gasteiger charge is 2.39. The average molecular weight is 525 g/mol. The van der Waals surface area contributed by atoms with Gasteiger partial charge in [-0.1, -0.05) is 13.8 Å². The number of methoxy groups -OCH3 is 2. The van der Waals surface area contributed by atoms with Crippen LogP contribution >= 0.6 is 0 Å². The van der Waals surface area contributed by atoms with Crippen molar-refractivity contribution in [3.05, 3.63) is 40.5 Å². The molecule has 1 aliphatic carbocycles. The van der Waals surface area contributed by atoms with E-state index in [1.807, 2.05) is 24.8 Å². The van der Waals surface area contributed by atoms with E-state index in [9.17, 15) is 9.59 Å². The Morgan fingerprint density at radius 2 is 1.84 bits per heavy atom. The van der Waals surface area contributed by atoms with Crippen molar-refractivity contribution in [1.29, 1.82) is 0 Å². The normalized spacial score (nSPS) is 20.8. The monoisotopic (exact) mass is 524 g/mol. The van der Waals surface area contributed by atoms with Crippen LogP contribution in [0.5, 0.6) is 0 Å². The molecule has 1 saturated carbocycles. The first-order valence-corrected chi connectivity index (χ1v) is 13.2. The van der Waals surface area contributed by atoms with Gasteiger partial charge < -0.3 is 24.6 Å². The fourth-order valence-corrected chi connectivity index (χ4v) is 5.34. The van der Waals surface area contributed by atoms with E-state index in [1.165, 1.54) is 7.11 Å². The largest absolute Gasteiger partial charge is 0.465 e. The summed E-state index contributed by atoms with van der Waals surface area (Å²) in [4.78, 5) is 44.0. The first-order valence-electron chi connectivity index (χ1n) is 13.2. The van der Waals surface area contributed by atoms with E-state index < -0.39 is 5.54 Å². The van der Waals surface area contributed by atoms with Crippen molar-refractivity contribution in [1.82, 2.24) is 19.9 Å². The Hall–Kier alpha value is -3.27. The molecule has 2 fully saturated rings. The number of nitrogens with one attached hydrogen (secondary N) is 1. The highest BCUT2D eigenvalue weighted by Crippen LogP contribution is 2.31. The van der Waals surface area contributed by atoms with Crippen molar-refractivity contribution < 1.29 is 19.1 Å². The number of esters is 1. The lowest BCUT2D eigenvalue weighted by atomic mass is 9.89. The fourth-order valence-electron chi connectivity index (χ4n) is 5.34. The van der Waals surface area contributed by atoms with Crippen LogP contribution in [-0.4, -0.2) is 83.3 Å². The molecule has 10 nitrogen and oxygen atoms in total. The zero-order valence-electron chi connectivity index (χ0n) is 23.8. The number of carbonyl (C=O) groups is 2. The minimum absolute atomic E-state index is 0.117. The molecular weight excluding hydrogens is 484 g/mol. The van der Waals surface area contributed by atoms with Gasteiger partial charge in [-0.2, -0.15) is 0 Å². The van der Waals surface area contributed by atoms with Crippen LogP contribution in [0, 0.1) is 13.8 Å². The number of aromatic nitrogens is 3. The third-order valence-electron chi connectivity index (χ3n) is 7.58. The van der Waals surface area contributed by atoms with Crippen LogP contribution in [0.1, 0.15) is 84.3 Å². The number of ether oxygens (including phenoxy) is 2. The smallest absolute Gasteiger partial charge is 0.339 e. The maximum Gasteiger partial charge on any atom is 0.339 e. The number of aryl methyl sites for hydroxylation is 2. The summed E-state index contributed by atoms with van der Waals surface area (Å²) in [5, 5.41) is 3.48. The van der Waals surface area contributed by atoms with Gasteiger partial charge in [0.1, 0.15) is 17.3 Å². The van der Waals surface area contributed by atoms with Gasteiger partial charge in [0.05, 0.1) is 41.9 Å². The average Bonchev–Trinajstić information content (AvgIpc) is 2.84. The zero-order chi connectivity index (χ0) is 27.8. The maximum absolute atomic E-state index is 13.7. The topological polar surface area (TPSA) is 110 Å². The number of carbonyl (C=O) groups excluding carboxylic acids is 2. The number of hydrogen-bond acceptors (Lipinski definition) is 9. The van der Waals surface area contributed by atoms with Gasteiger partial charge in [-0.05, 0) is 58.1 Å². The predicted molar refractivity (Wildman–Crippen MR) is 146 cm³/mol. The summed E-state index contributed by atoms with van der Waals surface area (Å²) < 4.78 is 10.3. The Morgan fingerprint density at radius 3 is 2.42 bits per heavy atom. The van der Waals surface area contributed by atoms with Gasteiger partial charge >= 0.3 is 5.97 Å². The quantitative estimate of drug-likeness (QED) is 0.542. The summed E-state index contributed by atoms with van der Waals surface area (Å²) in [5.74, 6) is 1.14. The Labute approximate surface area is 225 Å². The molecule has 0 aromatic carbocycles. The number of nitrogens with zero attached hydrogens (tertiary/aromatic N) is 5. The van der Waals surface area contributed by atoms with Crippen LogP contribution in [0.3, 0.4) is 0 Å². The number of amides is 1. The van der Waals surface area contributed by atoms with Gasteiger partial charge in [-0.3, -0.25) is 4.79 Å². The lowest BCUT2D eigenvalue weighted by Crippen LogP contribution is -2.61. The van der Waals surface area contributed by atoms with E-state index >= 15 is 0 Å². The number of hydrogen-bond donors (Lipinski definition) is 1. The Kier molecular flexibility index (Phi) is 7.92. The number of rotatable bonds is 7. The summed E-state index contributed by atoms with van der Waals surface area (Å²) in [6.45, 7) is 13.7. The number of anilines is 2. The summed E-state index contributed by atoms with van der Waals surface area (Å²) in [5.41, 5.74) is 2.63. The second-order valence-electron chi connectivity index (χ2n) is 11.3. The summed E-state index contributed by atoms with van der Waals surface area (Å²) in [6.07, 6.45) is 3.76. The standard InChI is InChI=1S/C28H40N6O4/c1-16(2)24-25(31-19-12-20(13-19)37-7)29-14-21(32-24)26(35)34-10-9-33(15-28(34,5)6)22-11-17(3)23(18(4)30-22)27(36)38-8/h11,14,16,19-20H,9-10,12-13,15H2,1-8H3,(H,29,31). The number of piperazine rings is 1. The van der Waals surface area contributed by atoms with Crippen LogP contribution in [-0.2, 0) is 9.47 Å². The van der Waals surface area contributed by atoms with Crippen molar-refractivity contribution in [2.75, 3.05) is 44.1 Å². The molecule has 0 atom stereocenters. The van der Waals surface area contributed by atoms with E-state index in [4.69, 9.17) is 19.4 Å². The van der Waals surface area contributed by atoms with E-state index in [2.05, 4.69) is 42.9 Å². The van der Waals surface area contributed by atoms with Gasteiger partial charge in [-0.25, -0.2) is 19.7 Å². The van der Waals surface area contributed by atoms with Crippen LogP contribution in [0.2, 0.25) is 0 Å². The van der Waals surface area contributed by atoms with Gasteiger partial charge in [0.15, 0.2) is 0 Å². The minimum Gasteiger partial charge on any atom is -0.465 e. The molecule has 2 aromatic rings. The zero-order valence-corrected chi connectivity index (χ0v) is 23.8. The molecule has 0 bridgehead atoms. The SMILES string of the molecule is COC(=O)c1c(C)cc(N2CCN(C(=O)c3cnc(NC4CC(OC)C4)c(C(C)C)n3)C(C)(C)C2)nc1C. The van der Waals surface area contributed by atoms with E-state index in [0.717, 1.165) is 35.7 Å². The van der Waals surface area contributed by atoms with Gasteiger partial charge in [0, 0.05) is 32.8 Å². The second-order valence-corrected chi connectivity index (χ2v) is 11.3. The summed E-state index contributed by atoms with van der Waals surface area (Å²) in [7, 11) is 3.11. The molecule has 1 amide bonds. The molecule has 0 radical (unpaired) electrons. The second kappa shape index (κ2) is 10.8. The van der Waals surface area contributed by atoms with E-state index in [-0.39, 0.29) is 17.8 Å². The lowest BCUT2D eigenvalue weighted by Gasteiger charge is -2.47. The summed E-state index contributed by atoms with van der Waals surface area (Å²) >= 11 is 0. The van der Waals surface area contributed by atoms with E-state index in [0.29, 0.717) is 48.7 Å². The minimum atomic E-state index is -0.475. The molecule has 1 saturated heterocycles. The molecular formula is C28H40N6O4. The molecule has 2 aromatic heterocycles.